The van der Waals surface area contributed by atoms with Gasteiger partial charge in [0, 0.05) is 32.6 Å². The Morgan fingerprint density at radius 1 is 1.20 bits per heavy atom. The molecule has 15 heavy (non-hydrogen) atoms. The molecule has 2 aliphatic rings. The summed E-state index contributed by atoms with van der Waals surface area (Å²) < 4.78 is 0. The second-order valence-electron chi connectivity index (χ2n) is 4.59. The van der Waals surface area contributed by atoms with Gasteiger partial charge < -0.3 is 15.5 Å². The fourth-order valence-corrected chi connectivity index (χ4v) is 2.43. The highest BCUT2D eigenvalue weighted by molar-refractivity contribution is 5.76. The lowest BCUT2D eigenvalue weighted by molar-refractivity contribution is -0.120. The van der Waals surface area contributed by atoms with E-state index >= 15 is 0 Å². The molecule has 2 rings (SSSR count). The zero-order valence-corrected chi connectivity index (χ0v) is 9.30. The summed E-state index contributed by atoms with van der Waals surface area (Å²) in [5, 5.41) is 6.31. The van der Waals surface area contributed by atoms with Gasteiger partial charge in [-0.15, -0.1) is 0 Å². The lowest BCUT2D eigenvalue weighted by Crippen LogP contribution is -2.37. The lowest BCUT2D eigenvalue weighted by Gasteiger charge is -2.28. The van der Waals surface area contributed by atoms with Gasteiger partial charge >= 0.3 is 0 Å². The molecule has 0 aromatic rings. The van der Waals surface area contributed by atoms with Crippen molar-refractivity contribution >= 4 is 5.91 Å². The maximum Gasteiger partial charge on any atom is 0.221 e. The first-order valence-corrected chi connectivity index (χ1v) is 6.04. The first-order chi connectivity index (χ1) is 7.34. The number of amides is 1. The van der Waals surface area contributed by atoms with Crippen molar-refractivity contribution in [2.75, 3.05) is 39.3 Å². The van der Waals surface area contributed by atoms with E-state index in [1.165, 1.54) is 19.4 Å². The molecule has 2 aliphatic heterocycles. The van der Waals surface area contributed by atoms with Crippen LogP contribution >= 0.6 is 0 Å². The van der Waals surface area contributed by atoms with Crippen LogP contribution < -0.4 is 10.6 Å². The summed E-state index contributed by atoms with van der Waals surface area (Å²) in [6, 6.07) is 0. The van der Waals surface area contributed by atoms with Crippen LogP contribution in [0.5, 0.6) is 0 Å². The van der Waals surface area contributed by atoms with E-state index in [4.69, 9.17) is 0 Å². The van der Waals surface area contributed by atoms with Crippen LogP contribution in [-0.4, -0.2) is 50.1 Å². The Morgan fingerprint density at radius 2 is 2.00 bits per heavy atom. The number of piperidine rings is 1. The van der Waals surface area contributed by atoms with E-state index in [-0.39, 0.29) is 5.91 Å². The van der Waals surface area contributed by atoms with Gasteiger partial charge in [0.15, 0.2) is 0 Å². The largest absolute Gasteiger partial charge is 0.355 e. The fraction of sp³-hybridized carbons (Fsp3) is 0.909. The Balaban J connectivity index is 1.75. The third-order valence-corrected chi connectivity index (χ3v) is 3.38. The summed E-state index contributed by atoms with van der Waals surface area (Å²) >= 11 is 0. The lowest BCUT2D eigenvalue weighted by atomic mass is 9.97. The maximum absolute atomic E-state index is 11.2. The van der Waals surface area contributed by atoms with Crippen molar-refractivity contribution in [2.24, 2.45) is 5.92 Å². The molecule has 4 nitrogen and oxygen atoms in total. The minimum absolute atomic E-state index is 0.211. The highest BCUT2D eigenvalue weighted by atomic mass is 16.1. The van der Waals surface area contributed by atoms with Crippen LogP contribution in [0.3, 0.4) is 0 Å². The summed E-state index contributed by atoms with van der Waals surface area (Å²) in [5.41, 5.74) is 0. The molecule has 0 spiro atoms. The molecule has 2 heterocycles. The van der Waals surface area contributed by atoms with Gasteiger partial charge in [-0.2, -0.15) is 0 Å². The van der Waals surface area contributed by atoms with E-state index in [0.717, 1.165) is 38.6 Å². The van der Waals surface area contributed by atoms with Gasteiger partial charge in [0.1, 0.15) is 0 Å². The molecule has 0 radical (unpaired) electrons. The number of rotatable bonds is 2. The van der Waals surface area contributed by atoms with Gasteiger partial charge in [0.2, 0.25) is 5.91 Å². The third kappa shape index (κ3) is 3.47. The minimum atomic E-state index is 0.211. The molecule has 0 unspecified atom stereocenters. The molecule has 0 aliphatic carbocycles. The van der Waals surface area contributed by atoms with Gasteiger partial charge in [0.25, 0.3) is 0 Å². The summed E-state index contributed by atoms with van der Waals surface area (Å²) in [6.07, 6.45) is 3.25. The predicted octanol–water partition coefficient (Wildman–Crippen LogP) is -0.192. The van der Waals surface area contributed by atoms with E-state index in [1.54, 1.807) is 0 Å². The van der Waals surface area contributed by atoms with Crippen molar-refractivity contribution < 1.29 is 4.79 Å². The van der Waals surface area contributed by atoms with Crippen LogP contribution in [-0.2, 0) is 4.79 Å². The standard InChI is InChI=1S/C11H21N3O/c15-11-3-7-14(8-6-13-11)9-10-1-4-12-5-2-10/h10,12H,1-9H2,(H,13,15). The zero-order chi connectivity index (χ0) is 10.5. The number of nitrogens with one attached hydrogen (secondary N) is 2. The van der Waals surface area contributed by atoms with Crippen molar-refractivity contribution in [3.05, 3.63) is 0 Å². The number of nitrogens with zero attached hydrogens (tertiary/aromatic N) is 1. The van der Waals surface area contributed by atoms with Crippen LogP contribution in [0, 0.1) is 5.92 Å². The molecule has 2 saturated heterocycles. The van der Waals surface area contributed by atoms with Crippen molar-refractivity contribution in [1.29, 1.82) is 0 Å². The Bertz CT molecular complexity index is 214. The predicted molar refractivity (Wildman–Crippen MR) is 59.7 cm³/mol. The van der Waals surface area contributed by atoms with Crippen LogP contribution in [0.4, 0.5) is 0 Å². The molecule has 1 amide bonds. The summed E-state index contributed by atoms with van der Waals surface area (Å²) in [5.74, 6) is 1.04. The number of carbonyl (C=O) groups excluding carboxylic acids is 1. The minimum Gasteiger partial charge on any atom is -0.355 e. The fourth-order valence-electron chi connectivity index (χ4n) is 2.43. The molecule has 4 heteroatoms. The monoisotopic (exact) mass is 211 g/mol. The van der Waals surface area contributed by atoms with Crippen molar-refractivity contribution in [1.82, 2.24) is 15.5 Å². The van der Waals surface area contributed by atoms with Crippen molar-refractivity contribution in [3.63, 3.8) is 0 Å². The molecular formula is C11H21N3O. The molecule has 86 valence electrons. The number of hydrogen-bond donors (Lipinski definition) is 2. The second-order valence-corrected chi connectivity index (χ2v) is 4.59. The topological polar surface area (TPSA) is 44.4 Å². The number of hydrogen-bond acceptors (Lipinski definition) is 3. The summed E-state index contributed by atoms with van der Waals surface area (Å²) in [6.45, 7) is 6.29. The van der Waals surface area contributed by atoms with Crippen molar-refractivity contribution in [3.8, 4) is 0 Å². The third-order valence-electron chi connectivity index (χ3n) is 3.38. The Hall–Kier alpha value is -0.610. The Morgan fingerprint density at radius 3 is 2.80 bits per heavy atom. The van der Waals surface area contributed by atoms with Crippen LogP contribution in [0.2, 0.25) is 0 Å². The Kier molecular flexibility index (Phi) is 3.97. The number of carbonyl (C=O) groups is 1. The van der Waals surface area contributed by atoms with E-state index in [2.05, 4.69) is 15.5 Å². The van der Waals surface area contributed by atoms with Gasteiger partial charge in [-0.25, -0.2) is 0 Å². The molecule has 0 atom stereocenters. The average molecular weight is 211 g/mol. The molecule has 0 saturated carbocycles. The van der Waals surface area contributed by atoms with Gasteiger partial charge in [-0.1, -0.05) is 0 Å². The first-order valence-electron chi connectivity index (χ1n) is 6.04. The molecule has 0 aromatic heterocycles. The van der Waals surface area contributed by atoms with Gasteiger partial charge in [0.05, 0.1) is 0 Å². The molecular weight excluding hydrogens is 190 g/mol. The highest BCUT2D eigenvalue weighted by Gasteiger charge is 2.19. The van der Waals surface area contributed by atoms with Crippen LogP contribution in [0.1, 0.15) is 19.3 Å². The summed E-state index contributed by atoms with van der Waals surface area (Å²) in [7, 11) is 0. The zero-order valence-electron chi connectivity index (χ0n) is 9.30. The average Bonchev–Trinajstić information content (AvgIpc) is 2.46. The maximum atomic E-state index is 11.2. The molecule has 2 N–H and O–H groups in total. The SMILES string of the molecule is O=C1CCN(CC2CCNCC2)CCN1. The molecule has 0 bridgehead atoms. The smallest absolute Gasteiger partial charge is 0.221 e. The summed E-state index contributed by atoms with van der Waals surface area (Å²) in [4.78, 5) is 13.6. The first kappa shape index (κ1) is 10.9. The van der Waals surface area contributed by atoms with Crippen molar-refractivity contribution in [2.45, 2.75) is 19.3 Å². The van der Waals surface area contributed by atoms with Crippen LogP contribution in [0.15, 0.2) is 0 Å². The molecule has 2 fully saturated rings. The second kappa shape index (κ2) is 5.47. The Labute approximate surface area is 91.4 Å². The van der Waals surface area contributed by atoms with Crippen LogP contribution in [0.25, 0.3) is 0 Å². The normalized spacial score (nSPS) is 26.0. The van der Waals surface area contributed by atoms with E-state index in [0.29, 0.717) is 6.42 Å². The quantitative estimate of drug-likeness (QED) is 0.665. The van der Waals surface area contributed by atoms with E-state index in [9.17, 15) is 4.79 Å². The molecule has 0 aromatic carbocycles. The van der Waals surface area contributed by atoms with E-state index in [1.807, 2.05) is 0 Å². The van der Waals surface area contributed by atoms with Gasteiger partial charge in [-0.3, -0.25) is 4.79 Å². The van der Waals surface area contributed by atoms with E-state index < -0.39 is 0 Å². The highest BCUT2D eigenvalue weighted by Crippen LogP contribution is 2.13. The van der Waals surface area contributed by atoms with Gasteiger partial charge in [-0.05, 0) is 31.8 Å².